The molecule has 0 atom stereocenters. The number of hydrogen-bond donors (Lipinski definition) is 4. The Bertz CT molecular complexity index is 856. The molecular formula is C33H60N6O. The molecule has 7 nitrogen and oxygen atoms in total. The molecule has 7 heteroatoms. The first-order valence-electron chi connectivity index (χ1n) is 15.8. The molecule has 4 N–H and O–H groups in total. The van der Waals surface area contributed by atoms with Crippen molar-refractivity contribution in [3.8, 4) is 0 Å². The first-order chi connectivity index (χ1) is 19.2. The summed E-state index contributed by atoms with van der Waals surface area (Å²) in [4.78, 5) is 18.5. The number of hydrogen-bond acceptors (Lipinski definition) is 6. The van der Waals surface area contributed by atoms with Crippen LogP contribution in [-0.4, -0.2) is 93.7 Å². The van der Waals surface area contributed by atoms with Gasteiger partial charge in [-0.05, 0) is 116 Å². The largest absolute Gasteiger partial charge is 0.336 e. The van der Waals surface area contributed by atoms with Crippen LogP contribution in [0.2, 0.25) is 0 Å². The van der Waals surface area contributed by atoms with Crippen molar-refractivity contribution in [2.45, 2.75) is 84.7 Å². The van der Waals surface area contributed by atoms with E-state index in [4.69, 9.17) is 0 Å². The number of amides is 1. The lowest BCUT2D eigenvalue weighted by Crippen LogP contribution is -2.45. The maximum atomic E-state index is 14.1. The molecule has 1 aromatic carbocycles. The fourth-order valence-corrected chi connectivity index (χ4v) is 5.43. The van der Waals surface area contributed by atoms with Crippen LogP contribution in [0, 0.1) is 0 Å². The van der Waals surface area contributed by atoms with Gasteiger partial charge in [-0.1, -0.05) is 31.1 Å². The van der Waals surface area contributed by atoms with Gasteiger partial charge in [0, 0.05) is 50.9 Å². The highest BCUT2D eigenvalue weighted by molar-refractivity contribution is 5.96. The molecule has 1 amide bonds. The highest BCUT2D eigenvalue weighted by Gasteiger charge is 2.30. The Morgan fingerprint density at radius 3 is 2.40 bits per heavy atom. The van der Waals surface area contributed by atoms with Gasteiger partial charge in [-0.15, -0.1) is 6.58 Å². The Labute approximate surface area is 245 Å². The van der Waals surface area contributed by atoms with Gasteiger partial charge in [-0.3, -0.25) is 9.69 Å². The molecular weight excluding hydrogens is 496 g/mol. The molecule has 1 aliphatic rings. The summed E-state index contributed by atoms with van der Waals surface area (Å²) in [7, 11) is 1.95. The van der Waals surface area contributed by atoms with Crippen molar-refractivity contribution >= 4 is 5.91 Å². The number of benzene rings is 1. The predicted octanol–water partition coefficient (Wildman–Crippen LogP) is 4.19. The Balaban J connectivity index is 2.21. The lowest BCUT2D eigenvalue weighted by Gasteiger charge is -2.37. The monoisotopic (exact) mass is 556 g/mol. The standard InChI is InChI=1S/C33H60N6O/c1-7-34-16-10-8-9-13-29-14-15-30(31(25-29)32(40)38(6)33(4,5)26-28(2)3)27-39-23-12-19-36-21-20-35-17-11-18-37-22-24-39/h14-15,25,34-37H,2,7-13,16-24,26-27H2,1,3-6H3. The zero-order valence-electron chi connectivity index (χ0n) is 26.5. The van der Waals surface area contributed by atoms with Gasteiger partial charge in [0.05, 0.1) is 0 Å². The van der Waals surface area contributed by atoms with Crippen LogP contribution in [0.3, 0.4) is 0 Å². The van der Waals surface area contributed by atoms with Crippen molar-refractivity contribution in [1.82, 2.24) is 31.1 Å². The van der Waals surface area contributed by atoms with E-state index < -0.39 is 0 Å². The van der Waals surface area contributed by atoms with E-state index in [2.05, 4.69) is 71.7 Å². The van der Waals surface area contributed by atoms with E-state index >= 15 is 0 Å². The molecule has 0 unspecified atom stereocenters. The predicted molar refractivity (Wildman–Crippen MR) is 171 cm³/mol. The van der Waals surface area contributed by atoms with E-state index in [9.17, 15) is 4.79 Å². The third-order valence-electron chi connectivity index (χ3n) is 7.93. The van der Waals surface area contributed by atoms with E-state index in [-0.39, 0.29) is 11.4 Å². The van der Waals surface area contributed by atoms with Crippen LogP contribution >= 0.6 is 0 Å². The third kappa shape index (κ3) is 13.3. The van der Waals surface area contributed by atoms with Crippen molar-refractivity contribution in [3.63, 3.8) is 0 Å². The van der Waals surface area contributed by atoms with Gasteiger partial charge in [0.15, 0.2) is 0 Å². The molecule has 1 heterocycles. The van der Waals surface area contributed by atoms with E-state index in [0.717, 1.165) is 121 Å². The molecule has 1 saturated heterocycles. The highest BCUT2D eigenvalue weighted by Crippen LogP contribution is 2.26. The fourth-order valence-electron chi connectivity index (χ4n) is 5.43. The summed E-state index contributed by atoms with van der Waals surface area (Å²) < 4.78 is 0. The molecule has 228 valence electrons. The second-order valence-electron chi connectivity index (χ2n) is 12.2. The minimum atomic E-state index is -0.294. The van der Waals surface area contributed by atoms with E-state index in [1.54, 1.807) is 0 Å². The van der Waals surface area contributed by atoms with Gasteiger partial charge < -0.3 is 26.2 Å². The van der Waals surface area contributed by atoms with Gasteiger partial charge in [0.25, 0.3) is 5.91 Å². The first kappa shape index (κ1) is 34.4. The number of nitrogens with zero attached hydrogens (tertiary/aromatic N) is 2. The van der Waals surface area contributed by atoms with Crippen LogP contribution in [-0.2, 0) is 13.0 Å². The van der Waals surface area contributed by atoms with Crippen molar-refractivity contribution in [3.05, 3.63) is 47.0 Å². The van der Waals surface area contributed by atoms with Crippen LogP contribution in [0.25, 0.3) is 0 Å². The highest BCUT2D eigenvalue weighted by atomic mass is 16.2. The third-order valence-corrected chi connectivity index (χ3v) is 7.93. The van der Waals surface area contributed by atoms with Crippen LogP contribution in [0.1, 0.15) is 87.7 Å². The second kappa shape index (κ2) is 19.4. The summed E-state index contributed by atoms with van der Waals surface area (Å²) in [6.45, 7) is 23.6. The molecule has 40 heavy (non-hydrogen) atoms. The number of carbonyl (C=O) groups is 1. The summed E-state index contributed by atoms with van der Waals surface area (Å²) >= 11 is 0. The maximum Gasteiger partial charge on any atom is 0.254 e. The summed E-state index contributed by atoms with van der Waals surface area (Å²) in [6.07, 6.45) is 7.59. The average molecular weight is 557 g/mol. The fraction of sp³-hybridized carbons (Fsp3) is 0.727. The van der Waals surface area contributed by atoms with Crippen molar-refractivity contribution in [1.29, 1.82) is 0 Å². The van der Waals surface area contributed by atoms with Gasteiger partial charge in [-0.25, -0.2) is 0 Å². The summed E-state index contributed by atoms with van der Waals surface area (Å²) in [5.74, 6) is 0.115. The molecule has 1 fully saturated rings. The zero-order valence-corrected chi connectivity index (χ0v) is 26.5. The number of rotatable bonds is 13. The lowest BCUT2D eigenvalue weighted by atomic mass is 9.92. The van der Waals surface area contributed by atoms with Crippen LogP contribution in [0.5, 0.6) is 0 Å². The molecule has 2 rings (SSSR count). The van der Waals surface area contributed by atoms with E-state index in [1.165, 1.54) is 18.4 Å². The number of unbranched alkanes of at least 4 members (excludes halogenated alkanes) is 2. The molecule has 1 aromatic rings. The molecule has 0 radical (unpaired) electrons. The summed E-state index contributed by atoms with van der Waals surface area (Å²) in [5, 5.41) is 14.1. The lowest BCUT2D eigenvalue weighted by molar-refractivity contribution is 0.0625. The quantitative estimate of drug-likeness (QED) is 0.216. The zero-order chi connectivity index (χ0) is 29.2. The number of carbonyl (C=O) groups excluding carboxylic acids is 1. The number of nitrogens with one attached hydrogen (secondary N) is 4. The Hall–Kier alpha value is -1.77. The average Bonchev–Trinajstić information content (AvgIpc) is 2.91. The Morgan fingerprint density at radius 2 is 1.70 bits per heavy atom. The molecule has 0 aliphatic carbocycles. The topological polar surface area (TPSA) is 71.7 Å². The normalized spacial score (nSPS) is 16.8. The van der Waals surface area contributed by atoms with E-state index in [0.29, 0.717) is 0 Å². The smallest absolute Gasteiger partial charge is 0.254 e. The van der Waals surface area contributed by atoms with Crippen LogP contribution < -0.4 is 21.3 Å². The molecule has 0 aromatic heterocycles. The Morgan fingerprint density at radius 1 is 1.00 bits per heavy atom. The summed E-state index contributed by atoms with van der Waals surface area (Å²) in [5.41, 5.74) is 4.06. The van der Waals surface area contributed by atoms with Crippen molar-refractivity contribution in [2.24, 2.45) is 0 Å². The van der Waals surface area contributed by atoms with Gasteiger partial charge in [0.2, 0.25) is 0 Å². The second-order valence-corrected chi connectivity index (χ2v) is 12.2. The minimum Gasteiger partial charge on any atom is -0.336 e. The van der Waals surface area contributed by atoms with Crippen molar-refractivity contribution < 1.29 is 4.79 Å². The molecule has 1 aliphatic heterocycles. The SMILES string of the molecule is C=C(C)CC(C)(C)N(C)C(=O)c1cc(CCCCCNCC)ccc1CN1CCCNCCNCCCNCC1. The molecule has 0 saturated carbocycles. The van der Waals surface area contributed by atoms with E-state index in [1.807, 2.05) is 18.9 Å². The summed E-state index contributed by atoms with van der Waals surface area (Å²) in [6, 6.07) is 6.67. The maximum absolute atomic E-state index is 14.1. The van der Waals surface area contributed by atoms with Gasteiger partial charge in [0.1, 0.15) is 0 Å². The van der Waals surface area contributed by atoms with Crippen LogP contribution in [0.15, 0.2) is 30.4 Å². The van der Waals surface area contributed by atoms with Gasteiger partial charge in [-0.2, -0.15) is 0 Å². The minimum absolute atomic E-state index is 0.115. The Kier molecular flexibility index (Phi) is 16.7. The van der Waals surface area contributed by atoms with Gasteiger partial charge >= 0.3 is 0 Å². The molecule has 0 spiro atoms. The molecule has 0 bridgehead atoms. The number of aryl methyl sites for hydroxylation is 1. The van der Waals surface area contributed by atoms with Crippen molar-refractivity contribution in [2.75, 3.05) is 72.5 Å². The van der Waals surface area contributed by atoms with Crippen LogP contribution in [0.4, 0.5) is 0 Å². The first-order valence-corrected chi connectivity index (χ1v) is 15.8.